The average Bonchev–Trinajstić information content (AvgIpc) is 3.15. The van der Waals surface area contributed by atoms with Crippen LogP contribution in [-0.4, -0.2) is 38.7 Å². The van der Waals surface area contributed by atoms with E-state index in [0.29, 0.717) is 18.7 Å². The molecular weight excluding hydrogens is 399 g/mol. The highest BCUT2D eigenvalue weighted by Crippen LogP contribution is 2.30. The van der Waals surface area contributed by atoms with E-state index in [1.165, 1.54) is 11.6 Å². The van der Waals surface area contributed by atoms with Crippen LogP contribution in [0.15, 0.2) is 59.8 Å². The van der Waals surface area contributed by atoms with Crippen molar-refractivity contribution in [1.29, 1.82) is 0 Å². The number of hydrogen-bond donors (Lipinski definition) is 0. The van der Waals surface area contributed by atoms with E-state index in [1.54, 1.807) is 30.0 Å². The molecule has 0 bridgehead atoms. The second kappa shape index (κ2) is 9.43. The average molecular weight is 425 g/mol. The first kappa shape index (κ1) is 20.6. The Bertz CT molecular complexity index is 999. The summed E-state index contributed by atoms with van der Waals surface area (Å²) in [5.41, 5.74) is 1.71. The molecular formula is C23H25FN4OS. The van der Waals surface area contributed by atoms with Gasteiger partial charge in [0.2, 0.25) is 5.91 Å². The minimum atomic E-state index is -0.319. The topological polar surface area (TPSA) is 51.0 Å². The van der Waals surface area contributed by atoms with Gasteiger partial charge in [-0.15, -0.1) is 10.2 Å². The summed E-state index contributed by atoms with van der Waals surface area (Å²) in [6.45, 7) is 1.33. The number of thioether (sulfide) groups is 1. The van der Waals surface area contributed by atoms with E-state index >= 15 is 0 Å². The molecule has 1 aromatic heterocycles. The molecule has 1 amide bonds. The number of benzene rings is 2. The first-order valence-corrected chi connectivity index (χ1v) is 11.2. The summed E-state index contributed by atoms with van der Waals surface area (Å²) < 4.78 is 15.9. The number of likely N-dealkylation sites (tertiary alicyclic amines) is 1. The van der Waals surface area contributed by atoms with E-state index in [9.17, 15) is 9.18 Å². The van der Waals surface area contributed by atoms with Gasteiger partial charge in [0.15, 0.2) is 5.16 Å². The molecule has 3 aromatic rings. The zero-order valence-corrected chi connectivity index (χ0v) is 17.8. The van der Waals surface area contributed by atoms with E-state index in [2.05, 4.69) is 26.9 Å². The highest BCUT2D eigenvalue weighted by Gasteiger charge is 2.27. The maximum Gasteiger partial charge on any atom is 0.227 e. The summed E-state index contributed by atoms with van der Waals surface area (Å²) in [6.07, 6.45) is 1.80. The first-order chi connectivity index (χ1) is 14.6. The molecule has 0 atom stereocenters. The predicted octanol–water partition coefficient (Wildman–Crippen LogP) is 4.20. The van der Waals surface area contributed by atoms with Crippen molar-refractivity contribution in [3.63, 3.8) is 0 Å². The van der Waals surface area contributed by atoms with Crippen LogP contribution in [-0.2, 0) is 24.0 Å². The molecule has 5 nitrogen and oxygen atoms in total. The SMILES string of the molecule is Cn1c(SCc2ccccc2)nnc1C1CCN(C(=O)Cc2ccccc2F)CC1. The summed E-state index contributed by atoms with van der Waals surface area (Å²) in [7, 11) is 2.01. The maximum absolute atomic E-state index is 13.8. The van der Waals surface area contributed by atoms with Crippen LogP contribution in [0.5, 0.6) is 0 Å². The number of aromatic nitrogens is 3. The minimum Gasteiger partial charge on any atom is -0.342 e. The number of nitrogens with zero attached hydrogens (tertiary/aromatic N) is 4. The van der Waals surface area contributed by atoms with Gasteiger partial charge in [-0.2, -0.15) is 0 Å². The molecule has 0 radical (unpaired) electrons. The van der Waals surface area contributed by atoms with Crippen LogP contribution >= 0.6 is 11.8 Å². The second-order valence-corrected chi connectivity index (χ2v) is 8.54. The molecule has 0 unspecified atom stereocenters. The zero-order valence-electron chi connectivity index (χ0n) is 17.0. The van der Waals surface area contributed by atoms with Gasteiger partial charge in [0.05, 0.1) is 6.42 Å². The minimum absolute atomic E-state index is 0.0179. The fraction of sp³-hybridized carbons (Fsp3) is 0.348. The molecule has 0 aliphatic carbocycles. The number of piperidine rings is 1. The molecule has 2 aromatic carbocycles. The first-order valence-electron chi connectivity index (χ1n) is 10.2. The van der Waals surface area contributed by atoms with Gasteiger partial charge in [0, 0.05) is 31.8 Å². The normalized spacial score (nSPS) is 14.8. The van der Waals surface area contributed by atoms with Gasteiger partial charge in [-0.1, -0.05) is 60.3 Å². The van der Waals surface area contributed by atoms with Crippen molar-refractivity contribution in [2.24, 2.45) is 7.05 Å². The molecule has 156 valence electrons. The van der Waals surface area contributed by atoms with Crippen molar-refractivity contribution in [1.82, 2.24) is 19.7 Å². The van der Waals surface area contributed by atoms with Gasteiger partial charge < -0.3 is 9.47 Å². The third kappa shape index (κ3) is 4.73. The summed E-state index contributed by atoms with van der Waals surface area (Å²) in [4.78, 5) is 14.4. The second-order valence-electron chi connectivity index (χ2n) is 7.60. The Kier molecular flexibility index (Phi) is 6.47. The molecule has 0 spiro atoms. The van der Waals surface area contributed by atoms with Crippen LogP contribution in [0, 0.1) is 5.82 Å². The van der Waals surface area contributed by atoms with Gasteiger partial charge in [-0.05, 0) is 30.0 Å². The van der Waals surface area contributed by atoms with Crippen LogP contribution in [0.4, 0.5) is 4.39 Å². The third-order valence-electron chi connectivity index (χ3n) is 5.59. The van der Waals surface area contributed by atoms with Gasteiger partial charge in [-0.3, -0.25) is 4.79 Å². The van der Waals surface area contributed by atoms with Gasteiger partial charge in [0.1, 0.15) is 11.6 Å². The Morgan fingerprint density at radius 1 is 1.07 bits per heavy atom. The third-order valence-corrected chi connectivity index (χ3v) is 6.68. The number of halogens is 1. The molecule has 2 heterocycles. The highest BCUT2D eigenvalue weighted by molar-refractivity contribution is 7.98. The van der Waals surface area contributed by atoms with E-state index < -0.39 is 0 Å². The Balaban J connectivity index is 1.32. The van der Waals surface area contributed by atoms with E-state index in [4.69, 9.17) is 0 Å². The Morgan fingerprint density at radius 2 is 1.77 bits per heavy atom. The summed E-state index contributed by atoms with van der Waals surface area (Å²) in [5, 5.41) is 9.73. The summed E-state index contributed by atoms with van der Waals surface area (Å²) in [6, 6.07) is 16.8. The standard InChI is InChI=1S/C23H25FN4OS/c1-27-22(25-26-23(27)30-16-17-7-3-2-4-8-17)18-11-13-28(14-12-18)21(29)15-19-9-5-6-10-20(19)24/h2-10,18H,11-16H2,1H3. The van der Waals surface area contributed by atoms with Gasteiger partial charge >= 0.3 is 0 Å². The van der Waals surface area contributed by atoms with Crippen molar-refractivity contribution in [3.8, 4) is 0 Å². The predicted molar refractivity (Wildman–Crippen MR) is 116 cm³/mol. The lowest BCUT2D eigenvalue weighted by Gasteiger charge is -2.31. The molecule has 7 heteroatoms. The van der Waals surface area contributed by atoms with Crippen molar-refractivity contribution in [3.05, 3.63) is 77.4 Å². The molecule has 1 aliphatic rings. The number of carbonyl (C=O) groups is 1. The zero-order chi connectivity index (χ0) is 20.9. The lowest BCUT2D eigenvalue weighted by Crippen LogP contribution is -2.39. The van der Waals surface area contributed by atoms with Crippen molar-refractivity contribution in [2.75, 3.05) is 13.1 Å². The highest BCUT2D eigenvalue weighted by atomic mass is 32.2. The molecule has 4 rings (SSSR count). The summed E-state index contributed by atoms with van der Waals surface area (Å²) >= 11 is 1.68. The smallest absolute Gasteiger partial charge is 0.227 e. The quantitative estimate of drug-likeness (QED) is 0.557. The molecule has 0 saturated carbocycles. The van der Waals surface area contributed by atoms with E-state index in [1.807, 2.05) is 30.1 Å². The van der Waals surface area contributed by atoms with Gasteiger partial charge in [-0.25, -0.2) is 4.39 Å². The number of hydrogen-bond acceptors (Lipinski definition) is 4. The van der Waals surface area contributed by atoms with Crippen molar-refractivity contribution < 1.29 is 9.18 Å². The Hall–Kier alpha value is -2.67. The lowest BCUT2D eigenvalue weighted by atomic mass is 9.95. The van der Waals surface area contributed by atoms with Crippen LogP contribution in [0.25, 0.3) is 0 Å². The van der Waals surface area contributed by atoms with Crippen LogP contribution in [0.3, 0.4) is 0 Å². The Morgan fingerprint density at radius 3 is 2.50 bits per heavy atom. The van der Waals surface area contributed by atoms with Crippen LogP contribution < -0.4 is 0 Å². The van der Waals surface area contributed by atoms with Gasteiger partial charge in [0.25, 0.3) is 0 Å². The molecule has 1 aliphatic heterocycles. The molecule has 30 heavy (non-hydrogen) atoms. The monoisotopic (exact) mass is 424 g/mol. The van der Waals surface area contributed by atoms with Crippen LogP contribution in [0.1, 0.15) is 35.7 Å². The number of rotatable bonds is 6. The number of carbonyl (C=O) groups excluding carboxylic acids is 1. The van der Waals surface area contributed by atoms with Crippen LogP contribution in [0.2, 0.25) is 0 Å². The van der Waals surface area contributed by atoms with Crippen molar-refractivity contribution >= 4 is 17.7 Å². The maximum atomic E-state index is 13.8. The fourth-order valence-electron chi connectivity index (χ4n) is 3.83. The lowest BCUT2D eigenvalue weighted by molar-refractivity contribution is -0.131. The van der Waals surface area contributed by atoms with Crippen molar-refractivity contribution in [2.45, 2.75) is 36.1 Å². The molecule has 1 saturated heterocycles. The number of amides is 1. The molecule has 1 fully saturated rings. The summed E-state index contributed by atoms with van der Waals surface area (Å²) in [5.74, 6) is 1.78. The van der Waals surface area contributed by atoms with E-state index in [0.717, 1.165) is 29.6 Å². The fourth-order valence-corrected chi connectivity index (χ4v) is 4.71. The van der Waals surface area contributed by atoms with E-state index in [-0.39, 0.29) is 24.1 Å². The Labute approximate surface area is 180 Å². The molecule has 0 N–H and O–H groups in total. The largest absolute Gasteiger partial charge is 0.342 e.